The minimum atomic E-state index is -0.472. The number of amides is 1. The normalized spacial score (nSPS) is 22.4. The fraction of sp³-hybridized carbons (Fsp3) is 0.833. The van der Waals surface area contributed by atoms with Crippen LogP contribution < -0.4 is 0 Å². The van der Waals surface area contributed by atoms with Crippen LogP contribution in [0.5, 0.6) is 0 Å². The largest absolute Gasteiger partial charge is 0.444 e. The Hall–Kier alpha value is -1.06. The molecule has 0 radical (unpaired) electrons. The molecule has 1 atom stereocenters. The van der Waals surface area contributed by atoms with Gasteiger partial charge in [-0.25, -0.2) is 4.79 Å². The van der Waals surface area contributed by atoms with Gasteiger partial charge in [0.15, 0.2) is 0 Å². The molecule has 1 heterocycles. The summed E-state index contributed by atoms with van der Waals surface area (Å²) in [6.07, 6.45) is 3.47. The van der Waals surface area contributed by atoms with Gasteiger partial charge in [-0.15, -0.1) is 0 Å². The number of carbonyl (C=O) groups excluding carboxylic acids is 2. The predicted octanol–water partition coefficient (Wildman–Crippen LogP) is 2.22. The second kappa shape index (κ2) is 5.32. The first-order valence-corrected chi connectivity index (χ1v) is 5.85. The lowest BCUT2D eigenvalue weighted by Crippen LogP contribution is -2.39. The van der Waals surface area contributed by atoms with E-state index in [1.54, 1.807) is 4.90 Å². The molecule has 0 aromatic rings. The molecule has 0 N–H and O–H groups in total. The zero-order valence-corrected chi connectivity index (χ0v) is 10.4. The fourth-order valence-corrected chi connectivity index (χ4v) is 1.78. The molecule has 4 nitrogen and oxygen atoms in total. The number of aldehydes is 1. The molecule has 0 unspecified atom stereocenters. The summed E-state index contributed by atoms with van der Waals surface area (Å²) in [5.74, 6) is -0.0324. The van der Waals surface area contributed by atoms with E-state index in [0.29, 0.717) is 13.1 Å². The van der Waals surface area contributed by atoms with Crippen molar-refractivity contribution in [2.45, 2.75) is 45.6 Å². The van der Waals surface area contributed by atoms with Crippen LogP contribution in [0.15, 0.2) is 0 Å². The topological polar surface area (TPSA) is 46.6 Å². The molecular formula is C12H21NO3. The molecule has 1 aliphatic rings. The molecule has 1 saturated heterocycles. The number of likely N-dealkylation sites (tertiary alicyclic amines) is 1. The summed E-state index contributed by atoms with van der Waals surface area (Å²) in [7, 11) is 0. The van der Waals surface area contributed by atoms with Crippen LogP contribution in [0.2, 0.25) is 0 Å². The van der Waals surface area contributed by atoms with Gasteiger partial charge < -0.3 is 14.4 Å². The van der Waals surface area contributed by atoms with E-state index < -0.39 is 5.60 Å². The van der Waals surface area contributed by atoms with Crippen LogP contribution in [0, 0.1) is 5.92 Å². The summed E-state index contributed by atoms with van der Waals surface area (Å²) in [5, 5.41) is 0. The minimum absolute atomic E-state index is 0.0324. The number of hydrogen-bond donors (Lipinski definition) is 0. The molecular weight excluding hydrogens is 206 g/mol. The van der Waals surface area contributed by atoms with E-state index in [2.05, 4.69) is 0 Å². The van der Waals surface area contributed by atoms with E-state index in [1.165, 1.54) is 0 Å². The fourth-order valence-electron chi connectivity index (χ4n) is 1.78. The first kappa shape index (κ1) is 13.0. The first-order chi connectivity index (χ1) is 7.42. The van der Waals surface area contributed by atoms with E-state index in [1.807, 2.05) is 20.8 Å². The highest BCUT2D eigenvalue weighted by molar-refractivity contribution is 5.69. The third-order valence-corrected chi connectivity index (χ3v) is 2.55. The number of carbonyl (C=O) groups is 2. The van der Waals surface area contributed by atoms with Crippen LogP contribution in [0.1, 0.15) is 40.0 Å². The van der Waals surface area contributed by atoms with Crippen LogP contribution in [-0.2, 0) is 9.53 Å². The van der Waals surface area contributed by atoms with Gasteiger partial charge >= 0.3 is 6.09 Å². The van der Waals surface area contributed by atoms with Gasteiger partial charge in [0.1, 0.15) is 11.9 Å². The first-order valence-electron chi connectivity index (χ1n) is 5.85. The molecule has 1 amide bonds. The van der Waals surface area contributed by atoms with E-state index in [9.17, 15) is 9.59 Å². The lowest BCUT2D eigenvalue weighted by molar-refractivity contribution is -0.111. The van der Waals surface area contributed by atoms with Crippen molar-refractivity contribution in [1.29, 1.82) is 0 Å². The monoisotopic (exact) mass is 227 g/mol. The second-order valence-electron chi connectivity index (χ2n) is 5.32. The number of nitrogens with zero attached hydrogens (tertiary/aromatic N) is 1. The molecule has 1 fully saturated rings. The van der Waals surface area contributed by atoms with Crippen LogP contribution in [0.4, 0.5) is 4.79 Å². The Bertz CT molecular complexity index is 257. The quantitative estimate of drug-likeness (QED) is 0.645. The zero-order chi connectivity index (χ0) is 12.2. The van der Waals surface area contributed by atoms with Crippen LogP contribution >= 0.6 is 0 Å². The molecule has 92 valence electrons. The summed E-state index contributed by atoms with van der Waals surface area (Å²) in [6, 6.07) is 0. The zero-order valence-electron chi connectivity index (χ0n) is 10.4. The molecule has 0 aromatic heterocycles. The van der Waals surface area contributed by atoms with Gasteiger partial charge in [-0.05, 0) is 33.6 Å². The molecule has 0 aliphatic carbocycles. The molecule has 0 saturated carbocycles. The van der Waals surface area contributed by atoms with Crippen molar-refractivity contribution in [3.8, 4) is 0 Å². The van der Waals surface area contributed by atoms with Crippen molar-refractivity contribution in [2.75, 3.05) is 13.1 Å². The summed E-state index contributed by atoms with van der Waals surface area (Å²) in [6.45, 7) is 6.73. The summed E-state index contributed by atoms with van der Waals surface area (Å²) < 4.78 is 5.30. The maximum Gasteiger partial charge on any atom is 0.410 e. The van der Waals surface area contributed by atoms with Crippen molar-refractivity contribution in [3.05, 3.63) is 0 Å². The minimum Gasteiger partial charge on any atom is -0.444 e. The van der Waals surface area contributed by atoms with Crippen LogP contribution in [-0.4, -0.2) is 36.0 Å². The van der Waals surface area contributed by atoms with Crippen molar-refractivity contribution in [3.63, 3.8) is 0 Å². The summed E-state index contributed by atoms with van der Waals surface area (Å²) in [4.78, 5) is 24.3. The van der Waals surface area contributed by atoms with Crippen molar-refractivity contribution in [2.24, 2.45) is 5.92 Å². The smallest absolute Gasteiger partial charge is 0.410 e. The van der Waals surface area contributed by atoms with Gasteiger partial charge in [0.05, 0.1) is 0 Å². The molecule has 0 aromatic carbocycles. The van der Waals surface area contributed by atoms with Crippen molar-refractivity contribution in [1.82, 2.24) is 4.90 Å². The van der Waals surface area contributed by atoms with E-state index in [0.717, 1.165) is 25.5 Å². The van der Waals surface area contributed by atoms with Crippen molar-refractivity contribution < 1.29 is 14.3 Å². The van der Waals surface area contributed by atoms with E-state index in [4.69, 9.17) is 4.74 Å². The highest BCUT2D eigenvalue weighted by atomic mass is 16.6. The van der Waals surface area contributed by atoms with Gasteiger partial charge in [0.2, 0.25) is 0 Å². The maximum atomic E-state index is 11.8. The van der Waals surface area contributed by atoms with Gasteiger partial charge in [-0.1, -0.05) is 6.42 Å². The SMILES string of the molecule is CC(C)(C)OC(=O)N1CCCC[C@H](C=O)C1. The number of hydrogen-bond acceptors (Lipinski definition) is 3. The average Bonchev–Trinajstić information content (AvgIpc) is 2.39. The Morgan fingerprint density at radius 3 is 2.62 bits per heavy atom. The van der Waals surface area contributed by atoms with Gasteiger partial charge in [-0.3, -0.25) is 0 Å². The molecule has 1 rings (SSSR count). The average molecular weight is 227 g/mol. The molecule has 0 bridgehead atoms. The van der Waals surface area contributed by atoms with Crippen LogP contribution in [0.3, 0.4) is 0 Å². The van der Waals surface area contributed by atoms with E-state index in [-0.39, 0.29) is 12.0 Å². The molecule has 1 aliphatic heterocycles. The Balaban J connectivity index is 2.56. The lowest BCUT2D eigenvalue weighted by Gasteiger charge is -2.27. The number of rotatable bonds is 1. The van der Waals surface area contributed by atoms with Gasteiger partial charge in [-0.2, -0.15) is 0 Å². The summed E-state index contributed by atoms with van der Waals surface area (Å²) >= 11 is 0. The van der Waals surface area contributed by atoms with Gasteiger partial charge in [0, 0.05) is 19.0 Å². The maximum absolute atomic E-state index is 11.8. The van der Waals surface area contributed by atoms with Gasteiger partial charge in [0.25, 0.3) is 0 Å². The van der Waals surface area contributed by atoms with Crippen LogP contribution in [0.25, 0.3) is 0 Å². The molecule has 0 spiro atoms. The Morgan fingerprint density at radius 2 is 2.06 bits per heavy atom. The Morgan fingerprint density at radius 1 is 1.38 bits per heavy atom. The molecule has 4 heteroatoms. The third kappa shape index (κ3) is 4.21. The lowest BCUT2D eigenvalue weighted by atomic mass is 10.1. The second-order valence-corrected chi connectivity index (χ2v) is 5.32. The van der Waals surface area contributed by atoms with Crippen molar-refractivity contribution >= 4 is 12.4 Å². The highest BCUT2D eigenvalue weighted by Gasteiger charge is 2.25. The number of ether oxygens (including phenoxy) is 1. The predicted molar refractivity (Wildman–Crippen MR) is 61.2 cm³/mol. The standard InChI is InChI=1S/C12H21NO3/c1-12(2,3)16-11(15)13-7-5-4-6-10(8-13)9-14/h9-10H,4-8H2,1-3H3/t10-/m0/s1. The third-order valence-electron chi connectivity index (χ3n) is 2.55. The highest BCUT2D eigenvalue weighted by Crippen LogP contribution is 2.17. The van der Waals surface area contributed by atoms with E-state index >= 15 is 0 Å². The molecule has 16 heavy (non-hydrogen) atoms. The summed E-state index contributed by atoms with van der Waals surface area (Å²) in [5.41, 5.74) is -0.472. The Labute approximate surface area is 96.9 Å². The Kier molecular flexibility index (Phi) is 4.33.